The Kier molecular flexibility index (Phi) is 10.2. The summed E-state index contributed by atoms with van der Waals surface area (Å²) in [5.41, 5.74) is 6.18. The number of anilines is 1. The molecule has 0 spiro atoms. The second kappa shape index (κ2) is 8.93. The van der Waals surface area contributed by atoms with Gasteiger partial charge in [0.2, 0.25) is 0 Å². The van der Waals surface area contributed by atoms with E-state index < -0.39 is 0 Å². The van der Waals surface area contributed by atoms with Gasteiger partial charge < -0.3 is 10.9 Å². The van der Waals surface area contributed by atoms with Crippen LogP contribution in [0, 0.1) is 4.91 Å². The summed E-state index contributed by atoms with van der Waals surface area (Å²) in [4.78, 5) is 8.11. The minimum atomic E-state index is 0. The molecule has 0 saturated heterocycles. The first kappa shape index (κ1) is 12.6. The minimum Gasteiger partial charge on any atom is -0.399 e. The third-order valence-electron chi connectivity index (χ3n) is 0.800. The Balaban J connectivity index is 0. The fourth-order valence-electron chi connectivity index (χ4n) is 0.453. The number of nitrogens with zero attached hydrogens (tertiary/aromatic N) is 1. The molecule has 1 aromatic rings. The first-order valence-corrected chi connectivity index (χ1v) is 2.58. The molecule has 0 aliphatic heterocycles. The van der Waals surface area contributed by atoms with Gasteiger partial charge in [0.25, 0.3) is 0 Å². The summed E-state index contributed by atoms with van der Waals surface area (Å²) in [6.07, 6.45) is 0. The van der Waals surface area contributed by atoms with Crippen LogP contribution in [-0.4, -0.2) is 5.21 Å². The third kappa shape index (κ3) is 8.93. The largest absolute Gasteiger partial charge is 0.399 e. The normalized spacial score (nSPS) is 6.55. The van der Waals surface area contributed by atoms with Crippen LogP contribution in [0.5, 0.6) is 0 Å². The van der Waals surface area contributed by atoms with E-state index in [1.807, 2.05) is 30.3 Å². The quantitative estimate of drug-likeness (QED) is 0.376. The zero-order valence-electron chi connectivity index (χ0n) is 5.60. The van der Waals surface area contributed by atoms with Crippen LogP contribution in [0.15, 0.2) is 35.7 Å². The van der Waals surface area contributed by atoms with Crippen molar-refractivity contribution < 1.29 is 22.0 Å². The molecule has 1 rings (SSSR count). The molecular weight excluding hydrogens is 191 g/mol. The maximum atomic E-state index is 8.11. The SMILES string of the molecule is Nc1ccccc1.O=NO.[Co]. The summed E-state index contributed by atoms with van der Waals surface area (Å²) in [6, 6.07) is 9.49. The second-order valence-electron chi connectivity index (χ2n) is 1.49. The molecule has 0 unspecified atom stereocenters. The van der Waals surface area contributed by atoms with Gasteiger partial charge in [-0.3, -0.25) is 0 Å². The Bertz CT molecular complexity index is 181. The molecule has 0 bridgehead atoms. The maximum Gasteiger partial charge on any atom is 0.152 e. The van der Waals surface area contributed by atoms with Crippen molar-refractivity contribution in [2.75, 3.05) is 5.73 Å². The molecule has 11 heavy (non-hydrogen) atoms. The summed E-state index contributed by atoms with van der Waals surface area (Å²) >= 11 is 0. The molecule has 0 saturated carbocycles. The van der Waals surface area contributed by atoms with Crippen molar-refractivity contribution in [2.45, 2.75) is 0 Å². The van der Waals surface area contributed by atoms with E-state index in [-0.39, 0.29) is 16.8 Å². The molecule has 0 atom stereocenters. The topological polar surface area (TPSA) is 75.7 Å². The van der Waals surface area contributed by atoms with Gasteiger partial charge in [0.15, 0.2) is 5.34 Å². The summed E-state index contributed by atoms with van der Waals surface area (Å²) < 4.78 is 0. The van der Waals surface area contributed by atoms with Crippen LogP contribution in [0.1, 0.15) is 0 Å². The van der Waals surface area contributed by atoms with E-state index in [1.165, 1.54) is 5.34 Å². The maximum absolute atomic E-state index is 8.11. The van der Waals surface area contributed by atoms with Gasteiger partial charge in [-0.15, -0.1) is 4.91 Å². The predicted octanol–water partition coefficient (Wildman–Crippen LogP) is 1.41. The van der Waals surface area contributed by atoms with E-state index in [2.05, 4.69) is 0 Å². The van der Waals surface area contributed by atoms with Crippen LogP contribution in [-0.2, 0) is 16.8 Å². The van der Waals surface area contributed by atoms with Crippen molar-refractivity contribution in [2.24, 2.45) is 5.34 Å². The van der Waals surface area contributed by atoms with Gasteiger partial charge in [-0.1, -0.05) is 18.2 Å². The molecule has 3 N–H and O–H groups in total. The summed E-state index contributed by atoms with van der Waals surface area (Å²) in [5.74, 6) is 0. The van der Waals surface area contributed by atoms with Gasteiger partial charge in [-0.05, 0) is 12.1 Å². The second-order valence-corrected chi connectivity index (χ2v) is 1.49. The van der Waals surface area contributed by atoms with Crippen molar-refractivity contribution >= 4 is 5.69 Å². The van der Waals surface area contributed by atoms with E-state index >= 15 is 0 Å². The molecule has 0 fully saturated rings. The molecule has 5 heteroatoms. The standard InChI is InChI=1S/C6H7N.Co.HNO2/c7-6-4-2-1-3-5-6;;2-1-3/h1-5H,7H2;;(H,2,3). The molecule has 63 valence electrons. The molecule has 1 radical (unpaired) electrons. The van der Waals surface area contributed by atoms with Gasteiger partial charge in [0, 0.05) is 22.5 Å². The smallest absolute Gasteiger partial charge is 0.152 e. The summed E-state index contributed by atoms with van der Waals surface area (Å²) in [6.45, 7) is 0. The predicted molar refractivity (Wildman–Crippen MR) is 38.4 cm³/mol. The zero-order valence-corrected chi connectivity index (χ0v) is 6.64. The van der Waals surface area contributed by atoms with Gasteiger partial charge in [0.05, 0.1) is 0 Å². The van der Waals surface area contributed by atoms with Gasteiger partial charge in [-0.2, -0.15) is 0 Å². The van der Waals surface area contributed by atoms with E-state index in [0.717, 1.165) is 5.69 Å². The first-order valence-electron chi connectivity index (χ1n) is 2.58. The Labute approximate surface area is 74.5 Å². The zero-order chi connectivity index (χ0) is 7.82. The summed E-state index contributed by atoms with van der Waals surface area (Å²) in [7, 11) is 0. The van der Waals surface area contributed by atoms with E-state index in [9.17, 15) is 0 Å². The number of hydrogen-bond donors (Lipinski definition) is 2. The molecule has 0 aliphatic carbocycles. The van der Waals surface area contributed by atoms with Crippen LogP contribution >= 0.6 is 0 Å². The Morgan fingerprint density at radius 1 is 1.27 bits per heavy atom. The molecular formula is C6H8CoN2O2. The fraction of sp³-hybridized carbons (Fsp3) is 0. The molecule has 0 heterocycles. The minimum absolute atomic E-state index is 0. The monoisotopic (exact) mass is 199 g/mol. The van der Waals surface area contributed by atoms with Crippen LogP contribution < -0.4 is 5.73 Å². The molecule has 4 nitrogen and oxygen atoms in total. The Morgan fingerprint density at radius 3 is 1.82 bits per heavy atom. The van der Waals surface area contributed by atoms with Crippen molar-refractivity contribution in [3.63, 3.8) is 0 Å². The van der Waals surface area contributed by atoms with Gasteiger partial charge in [-0.25, -0.2) is 0 Å². The number of rotatable bonds is 0. The van der Waals surface area contributed by atoms with Crippen molar-refractivity contribution in [3.05, 3.63) is 35.2 Å². The fourth-order valence-corrected chi connectivity index (χ4v) is 0.453. The molecule has 1 aromatic carbocycles. The molecule has 0 aliphatic rings. The average Bonchev–Trinajstić information content (AvgIpc) is 1.91. The van der Waals surface area contributed by atoms with Crippen LogP contribution in [0.2, 0.25) is 0 Å². The number of benzene rings is 1. The van der Waals surface area contributed by atoms with E-state index in [1.54, 1.807) is 0 Å². The first-order chi connectivity index (χ1) is 4.81. The molecule has 0 aromatic heterocycles. The summed E-state index contributed by atoms with van der Waals surface area (Å²) in [5, 5.41) is 7.89. The van der Waals surface area contributed by atoms with Gasteiger partial charge in [0.1, 0.15) is 0 Å². The van der Waals surface area contributed by atoms with Crippen LogP contribution in [0.3, 0.4) is 0 Å². The number of nitrogen functional groups attached to an aromatic ring is 1. The van der Waals surface area contributed by atoms with Crippen LogP contribution in [0.25, 0.3) is 0 Å². The van der Waals surface area contributed by atoms with Crippen LogP contribution in [0.4, 0.5) is 5.69 Å². The Hall–Kier alpha value is -1.07. The van der Waals surface area contributed by atoms with Crippen molar-refractivity contribution in [1.82, 2.24) is 0 Å². The Morgan fingerprint density at radius 2 is 1.64 bits per heavy atom. The van der Waals surface area contributed by atoms with E-state index in [0.29, 0.717) is 0 Å². The third-order valence-corrected chi connectivity index (χ3v) is 0.800. The van der Waals surface area contributed by atoms with Crippen molar-refractivity contribution in [1.29, 1.82) is 0 Å². The number of hydrogen-bond acceptors (Lipinski definition) is 3. The average molecular weight is 199 g/mol. The van der Waals surface area contributed by atoms with E-state index in [4.69, 9.17) is 15.8 Å². The molecule has 0 amide bonds. The number of para-hydroxylation sites is 1. The van der Waals surface area contributed by atoms with Crippen molar-refractivity contribution in [3.8, 4) is 0 Å². The number of nitrogens with two attached hydrogens (primary N) is 1. The van der Waals surface area contributed by atoms with Gasteiger partial charge >= 0.3 is 0 Å².